The molecule has 0 aromatic heterocycles. The summed E-state index contributed by atoms with van der Waals surface area (Å²) in [5.74, 6) is 1.06. The van der Waals surface area contributed by atoms with Crippen molar-refractivity contribution >= 4 is 0 Å². The van der Waals surface area contributed by atoms with Gasteiger partial charge in [0, 0.05) is 6.04 Å². The van der Waals surface area contributed by atoms with Gasteiger partial charge in [0.1, 0.15) is 5.75 Å². The standard InChI is InChI=1S/C18H29NO/c1-3-16(19)13-15-12-14(2)10-11-18(15)20-17-8-6-4-5-7-9-17/h10-12,16-17H,3-9,13,19H2,1-2H3. The summed E-state index contributed by atoms with van der Waals surface area (Å²) in [6.07, 6.45) is 10.1. The van der Waals surface area contributed by atoms with Gasteiger partial charge in [-0.25, -0.2) is 0 Å². The van der Waals surface area contributed by atoms with E-state index in [9.17, 15) is 0 Å². The molecule has 1 fully saturated rings. The molecule has 0 saturated heterocycles. The second-order valence-corrected chi connectivity index (χ2v) is 6.22. The van der Waals surface area contributed by atoms with Crippen molar-refractivity contribution < 1.29 is 4.74 Å². The lowest BCUT2D eigenvalue weighted by molar-refractivity contribution is 0.181. The largest absolute Gasteiger partial charge is 0.490 e. The first kappa shape index (κ1) is 15.4. The fourth-order valence-corrected chi connectivity index (χ4v) is 2.95. The highest BCUT2D eigenvalue weighted by atomic mass is 16.5. The van der Waals surface area contributed by atoms with Crippen molar-refractivity contribution in [1.82, 2.24) is 0 Å². The summed E-state index contributed by atoms with van der Waals surface area (Å²) in [7, 11) is 0. The Morgan fingerprint density at radius 2 is 1.90 bits per heavy atom. The van der Waals surface area contributed by atoms with E-state index in [1.807, 2.05) is 0 Å². The normalized spacial score (nSPS) is 18.6. The van der Waals surface area contributed by atoms with Crippen LogP contribution in [0.25, 0.3) is 0 Å². The van der Waals surface area contributed by atoms with Crippen molar-refractivity contribution in [2.24, 2.45) is 5.73 Å². The zero-order chi connectivity index (χ0) is 14.4. The van der Waals surface area contributed by atoms with E-state index >= 15 is 0 Å². The highest BCUT2D eigenvalue weighted by Gasteiger charge is 2.16. The molecule has 0 heterocycles. The van der Waals surface area contributed by atoms with E-state index in [1.54, 1.807) is 0 Å². The number of rotatable bonds is 5. The molecular weight excluding hydrogens is 246 g/mol. The van der Waals surface area contributed by atoms with Gasteiger partial charge in [0.25, 0.3) is 0 Å². The van der Waals surface area contributed by atoms with Crippen molar-refractivity contribution in [3.63, 3.8) is 0 Å². The second kappa shape index (κ2) is 7.68. The minimum Gasteiger partial charge on any atom is -0.490 e. The van der Waals surface area contributed by atoms with Gasteiger partial charge in [0.2, 0.25) is 0 Å². The molecule has 1 saturated carbocycles. The van der Waals surface area contributed by atoms with Gasteiger partial charge in [-0.05, 0) is 57.1 Å². The fourth-order valence-electron chi connectivity index (χ4n) is 2.95. The number of ether oxygens (including phenoxy) is 1. The lowest BCUT2D eigenvalue weighted by Crippen LogP contribution is -2.23. The summed E-state index contributed by atoms with van der Waals surface area (Å²) in [6.45, 7) is 4.28. The van der Waals surface area contributed by atoms with Crippen LogP contribution < -0.4 is 10.5 Å². The van der Waals surface area contributed by atoms with Gasteiger partial charge < -0.3 is 10.5 Å². The first-order valence-electron chi connectivity index (χ1n) is 8.20. The lowest BCUT2D eigenvalue weighted by atomic mass is 10.0. The minimum atomic E-state index is 0.230. The topological polar surface area (TPSA) is 35.2 Å². The average molecular weight is 275 g/mol. The van der Waals surface area contributed by atoms with Crippen LogP contribution in [-0.4, -0.2) is 12.1 Å². The highest BCUT2D eigenvalue weighted by Crippen LogP contribution is 2.27. The minimum absolute atomic E-state index is 0.230. The van der Waals surface area contributed by atoms with Crippen LogP contribution in [0.2, 0.25) is 0 Å². The van der Waals surface area contributed by atoms with E-state index in [0.717, 1.165) is 18.6 Å². The Kier molecular flexibility index (Phi) is 5.90. The summed E-state index contributed by atoms with van der Waals surface area (Å²) >= 11 is 0. The zero-order valence-corrected chi connectivity index (χ0v) is 13.0. The quantitative estimate of drug-likeness (QED) is 0.810. The summed E-state index contributed by atoms with van der Waals surface area (Å²) < 4.78 is 6.31. The molecule has 1 aromatic carbocycles. The summed E-state index contributed by atoms with van der Waals surface area (Å²) in [5.41, 5.74) is 8.70. The van der Waals surface area contributed by atoms with Crippen LogP contribution >= 0.6 is 0 Å². The monoisotopic (exact) mass is 275 g/mol. The molecule has 1 aliphatic rings. The summed E-state index contributed by atoms with van der Waals surface area (Å²) in [4.78, 5) is 0. The molecule has 0 radical (unpaired) electrons. The van der Waals surface area contributed by atoms with Gasteiger partial charge in [-0.15, -0.1) is 0 Å². The van der Waals surface area contributed by atoms with Gasteiger partial charge in [-0.3, -0.25) is 0 Å². The predicted molar refractivity (Wildman–Crippen MR) is 85.3 cm³/mol. The molecule has 1 atom stereocenters. The molecule has 2 nitrogen and oxygen atoms in total. The van der Waals surface area contributed by atoms with E-state index in [-0.39, 0.29) is 6.04 Å². The third kappa shape index (κ3) is 4.52. The third-order valence-corrected chi connectivity index (χ3v) is 4.32. The average Bonchev–Trinajstić information content (AvgIpc) is 2.70. The third-order valence-electron chi connectivity index (χ3n) is 4.32. The first-order chi connectivity index (χ1) is 9.69. The molecule has 1 unspecified atom stereocenters. The number of aryl methyl sites for hydroxylation is 1. The molecule has 0 amide bonds. The maximum atomic E-state index is 6.31. The van der Waals surface area contributed by atoms with Crippen molar-refractivity contribution in [3.05, 3.63) is 29.3 Å². The number of benzene rings is 1. The fraction of sp³-hybridized carbons (Fsp3) is 0.667. The SMILES string of the molecule is CCC(N)Cc1cc(C)ccc1OC1CCCCCC1. The van der Waals surface area contributed by atoms with E-state index < -0.39 is 0 Å². The van der Waals surface area contributed by atoms with Gasteiger partial charge in [-0.1, -0.05) is 37.5 Å². The van der Waals surface area contributed by atoms with E-state index in [0.29, 0.717) is 6.10 Å². The van der Waals surface area contributed by atoms with Crippen LogP contribution in [0.4, 0.5) is 0 Å². The van der Waals surface area contributed by atoms with Crippen LogP contribution in [0.1, 0.15) is 63.0 Å². The van der Waals surface area contributed by atoms with Gasteiger partial charge in [-0.2, -0.15) is 0 Å². The van der Waals surface area contributed by atoms with Crippen LogP contribution in [0.5, 0.6) is 5.75 Å². The molecule has 0 spiro atoms. The van der Waals surface area contributed by atoms with E-state index in [2.05, 4.69) is 32.0 Å². The van der Waals surface area contributed by atoms with Crippen molar-refractivity contribution in [2.45, 2.75) is 77.4 Å². The number of nitrogens with two attached hydrogens (primary N) is 1. The van der Waals surface area contributed by atoms with E-state index in [1.165, 1.54) is 49.7 Å². The van der Waals surface area contributed by atoms with Crippen molar-refractivity contribution in [1.29, 1.82) is 0 Å². The molecule has 1 aliphatic carbocycles. The highest BCUT2D eigenvalue weighted by molar-refractivity contribution is 5.37. The Hall–Kier alpha value is -1.02. The number of hydrogen-bond acceptors (Lipinski definition) is 2. The molecule has 2 heteroatoms. The molecule has 2 rings (SSSR count). The molecule has 1 aromatic rings. The lowest BCUT2D eigenvalue weighted by Gasteiger charge is -2.21. The van der Waals surface area contributed by atoms with Gasteiger partial charge >= 0.3 is 0 Å². The maximum Gasteiger partial charge on any atom is 0.122 e. The molecule has 20 heavy (non-hydrogen) atoms. The maximum absolute atomic E-state index is 6.31. The Morgan fingerprint density at radius 1 is 1.20 bits per heavy atom. The predicted octanol–water partition coefficient (Wildman–Crippen LogP) is 4.38. The summed E-state index contributed by atoms with van der Waals surface area (Å²) in [6, 6.07) is 6.75. The van der Waals surface area contributed by atoms with Crippen molar-refractivity contribution in [3.8, 4) is 5.75 Å². The first-order valence-corrected chi connectivity index (χ1v) is 8.20. The molecule has 0 bridgehead atoms. The van der Waals surface area contributed by atoms with Crippen molar-refractivity contribution in [2.75, 3.05) is 0 Å². The Balaban J connectivity index is 2.08. The Morgan fingerprint density at radius 3 is 2.55 bits per heavy atom. The van der Waals surface area contributed by atoms with Gasteiger partial charge in [0.15, 0.2) is 0 Å². The van der Waals surface area contributed by atoms with Crippen LogP contribution in [0.15, 0.2) is 18.2 Å². The van der Waals surface area contributed by atoms with E-state index in [4.69, 9.17) is 10.5 Å². The second-order valence-electron chi connectivity index (χ2n) is 6.22. The Bertz CT molecular complexity index is 408. The van der Waals surface area contributed by atoms with Crippen LogP contribution in [0.3, 0.4) is 0 Å². The Labute approximate surface area is 123 Å². The van der Waals surface area contributed by atoms with Crippen LogP contribution in [-0.2, 0) is 6.42 Å². The number of hydrogen-bond donors (Lipinski definition) is 1. The molecular formula is C18H29NO. The molecule has 0 aliphatic heterocycles. The summed E-state index contributed by atoms with van der Waals surface area (Å²) in [5, 5.41) is 0. The van der Waals surface area contributed by atoms with Gasteiger partial charge in [0.05, 0.1) is 6.10 Å². The molecule has 2 N–H and O–H groups in total. The zero-order valence-electron chi connectivity index (χ0n) is 13.0. The van der Waals surface area contributed by atoms with Crippen LogP contribution in [0, 0.1) is 6.92 Å². The smallest absolute Gasteiger partial charge is 0.122 e. The molecule has 112 valence electrons.